The number of aromatic nitrogens is 4. The summed E-state index contributed by atoms with van der Waals surface area (Å²) >= 11 is 0. The Bertz CT molecular complexity index is 863. The molecular weight excluding hydrogens is 364 g/mol. The topological polar surface area (TPSA) is 79.1 Å². The van der Waals surface area contributed by atoms with Gasteiger partial charge in [0.2, 0.25) is 5.95 Å². The molecule has 0 amide bonds. The van der Waals surface area contributed by atoms with E-state index in [4.69, 9.17) is 4.98 Å². The van der Waals surface area contributed by atoms with Crippen LogP contribution in [0.2, 0.25) is 0 Å². The highest BCUT2D eigenvalue weighted by Crippen LogP contribution is 2.30. The van der Waals surface area contributed by atoms with E-state index in [1.807, 2.05) is 53.8 Å². The van der Waals surface area contributed by atoms with Crippen molar-refractivity contribution in [2.24, 2.45) is 0 Å². The Morgan fingerprint density at radius 2 is 1.89 bits per heavy atom. The standard InChI is InChI=1S/C19H26N6O.ClH/c1-5-14(11-26)21-19-22-17(24(4)15-9-7-6-8-10-15)16-18(23-19)25(12-20-16)13(2)3;/h6-10,12-14,26H,5,11H2,1-4H3,(H,21,22,23);1H. The normalized spacial score (nSPS) is 12.1. The first-order valence-electron chi connectivity index (χ1n) is 8.95. The molecule has 3 rings (SSSR count). The zero-order valence-electron chi connectivity index (χ0n) is 16.1. The third-order valence-electron chi connectivity index (χ3n) is 4.47. The van der Waals surface area contributed by atoms with Gasteiger partial charge < -0.3 is 19.9 Å². The van der Waals surface area contributed by atoms with Gasteiger partial charge >= 0.3 is 0 Å². The van der Waals surface area contributed by atoms with Crippen molar-refractivity contribution in [2.45, 2.75) is 39.3 Å². The first-order valence-corrected chi connectivity index (χ1v) is 8.95. The van der Waals surface area contributed by atoms with Crippen LogP contribution >= 0.6 is 12.4 Å². The Labute approximate surface area is 165 Å². The summed E-state index contributed by atoms with van der Waals surface area (Å²) in [4.78, 5) is 15.9. The van der Waals surface area contributed by atoms with Gasteiger partial charge in [0.1, 0.15) is 0 Å². The second-order valence-electron chi connectivity index (χ2n) is 6.62. The summed E-state index contributed by atoms with van der Waals surface area (Å²) in [5, 5.41) is 12.7. The van der Waals surface area contributed by atoms with Crippen molar-refractivity contribution in [1.29, 1.82) is 0 Å². The van der Waals surface area contributed by atoms with Crippen LogP contribution in [0, 0.1) is 0 Å². The van der Waals surface area contributed by atoms with Crippen LogP contribution in [0.15, 0.2) is 36.7 Å². The molecule has 0 bridgehead atoms. The Kier molecular flexibility index (Phi) is 6.98. The third kappa shape index (κ3) is 4.31. The van der Waals surface area contributed by atoms with E-state index in [9.17, 15) is 5.11 Å². The fourth-order valence-electron chi connectivity index (χ4n) is 2.81. The molecule has 3 aromatic rings. The molecule has 0 radical (unpaired) electrons. The van der Waals surface area contributed by atoms with Crippen molar-refractivity contribution in [1.82, 2.24) is 19.5 Å². The summed E-state index contributed by atoms with van der Waals surface area (Å²) in [5.74, 6) is 1.23. The van der Waals surface area contributed by atoms with E-state index in [1.165, 1.54) is 0 Å². The second kappa shape index (κ2) is 9.01. The Hall–Kier alpha value is -2.38. The number of nitrogens with zero attached hydrogens (tertiary/aromatic N) is 5. The average Bonchev–Trinajstić information content (AvgIpc) is 3.09. The van der Waals surface area contributed by atoms with Crippen LogP contribution < -0.4 is 10.2 Å². The van der Waals surface area contributed by atoms with Crippen molar-refractivity contribution in [3.05, 3.63) is 36.7 Å². The van der Waals surface area contributed by atoms with Crippen molar-refractivity contribution in [2.75, 3.05) is 23.9 Å². The summed E-state index contributed by atoms with van der Waals surface area (Å²) in [5.41, 5.74) is 2.56. The number of anilines is 3. The number of rotatable bonds is 7. The van der Waals surface area contributed by atoms with Gasteiger partial charge in [0.05, 0.1) is 19.0 Å². The number of para-hydroxylation sites is 1. The molecule has 1 unspecified atom stereocenters. The second-order valence-corrected chi connectivity index (χ2v) is 6.62. The highest BCUT2D eigenvalue weighted by molar-refractivity contribution is 5.87. The predicted molar refractivity (Wildman–Crippen MR) is 112 cm³/mol. The maximum absolute atomic E-state index is 9.51. The van der Waals surface area contributed by atoms with Gasteiger partial charge in [0.25, 0.3) is 0 Å². The summed E-state index contributed by atoms with van der Waals surface area (Å²) in [7, 11) is 1.97. The molecule has 0 saturated heterocycles. The molecule has 0 aliphatic carbocycles. The minimum Gasteiger partial charge on any atom is -0.394 e. The molecule has 0 aliphatic rings. The van der Waals surface area contributed by atoms with E-state index < -0.39 is 0 Å². The van der Waals surface area contributed by atoms with Gasteiger partial charge in [-0.3, -0.25) is 0 Å². The van der Waals surface area contributed by atoms with Gasteiger partial charge in [-0.25, -0.2) is 4.98 Å². The van der Waals surface area contributed by atoms with E-state index in [0.717, 1.165) is 29.1 Å². The molecule has 146 valence electrons. The summed E-state index contributed by atoms with van der Waals surface area (Å²) in [6.07, 6.45) is 2.59. The number of imidazole rings is 1. The monoisotopic (exact) mass is 390 g/mol. The highest BCUT2D eigenvalue weighted by atomic mass is 35.5. The lowest BCUT2D eigenvalue weighted by Gasteiger charge is -2.21. The van der Waals surface area contributed by atoms with Crippen LogP contribution in [0.3, 0.4) is 0 Å². The van der Waals surface area contributed by atoms with E-state index in [-0.39, 0.29) is 31.1 Å². The van der Waals surface area contributed by atoms with Crippen molar-refractivity contribution in [3.63, 3.8) is 0 Å². The van der Waals surface area contributed by atoms with Gasteiger partial charge in [-0.05, 0) is 32.4 Å². The minimum absolute atomic E-state index is 0. The molecule has 2 aromatic heterocycles. The van der Waals surface area contributed by atoms with Crippen molar-refractivity contribution >= 4 is 41.0 Å². The first kappa shape index (κ1) is 20.9. The minimum atomic E-state index is -0.0854. The summed E-state index contributed by atoms with van der Waals surface area (Å²) < 4.78 is 2.03. The predicted octanol–water partition coefficient (Wildman–Crippen LogP) is 3.78. The zero-order chi connectivity index (χ0) is 18.7. The third-order valence-corrected chi connectivity index (χ3v) is 4.47. The summed E-state index contributed by atoms with van der Waals surface area (Å²) in [6.45, 7) is 6.24. The number of aliphatic hydroxyl groups excluding tert-OH is 1. The van der Waals surface area contributed by atoms with Crippen LogP contribution in [-0.2, 0) is 0 Å². The van der Waals surface area contributed by atoms with Crippen molar-refractivity contribution in [3.8, 4) is 0 Å². The molecule has 1 aromatic carbocycles. The molecule has 7 nitrogen and oxygen atoms in total. The van der Waals surface area contributed by atoms with Gasteiger partial charge in [-0.15, -0.1) is 12.4 Å². The Morgan fingerprint density at radius 3 is 2.48 bits per heavy atom. The lowest BCUT2D eigenvalue weighted by Crippen LogP contribution is -2.24. The Balaban J connectivity index is 0.00000261. The first-order chi connectivity index (χ1) is 12.5. The smallest absolute Gasteiger partial charge is 0.227 e. The molecule has 1 atom stereocenters. The molecule has 0 aliphatic heterocycles. The maximum Gasteiger partial charge on any atom is 0.227 e. The molecule has 2 N–H and O–H groups in total. The molecule has 27 heavy (non-hydrogen) atoms. The molecule has 0 spiro atoms. The molecule has 0 fully saturated rings. The number of hydrogen-bond acceptors (Lipinski definition) is 6. The molecule has 0 saturated carbocycles. The number of hydrogen-bond donors (Lipinski definition) is 2. The highest BCUT2D eigenvalue weighted by Gasteiger charge is 2.19. The van der Waals surface area contributed by atoms with Crippen LogP contribution in [0.5, 0.6) is 0 Å². The fourth-order valence-corrected chi connectivity index (χ4v) is 2.81. The Morgan fingerprint density at radius 1 is 1.19 bits per heavy atom. The average molecular weight is 391 g/mol. The van der Waals surface area contributed by atoms with E-state index >= 15 is 0 Å². The lowest BCUT2D eigenvalue weighted by molar-refractivity contribution is 0.271. The van der Waals surface area contributed by atoms with Gasteiger partial charge in [0, 0.05) is 18.8 Å². The zero-order valence-corrected chi connectivity index (χ0v) is 16.9. The SMILES string of the molecule is CCC(CO)Nc1nc(N(C)c2ccccc2)c2ncn(C(C)C)c2n1.Cl. The van der Waals surface area contributed by atoms with E-state index in [1.54, 1.807) is 6.33 Å². The van der Waals surface area contributed by atoms with Gasteiger partial charge in [-0.2, -0.15) is 9.97 Å². The number of benzene rings is 1. The molecule has 8 heteroatoms. The number of nitrogens with one attached hydrogen (secondary N) is 1. The van der Waals surface area contributed by atoms with Crippen LogP contribution in [0.1, 0.15) is 33.2 Å². The fraction of sp³-hybridized carbons (Fsp3) is 0.421. The van der Waals surface area contributed by atoms with Gasteiger partial charge in [0.15, 0.2) is 17.0 Å². The van der Waals surface area contributed by atoms with E-state index in [0.29, 0.717) is 5.95 Å². The number of fused-ring (bicyclic) bond motifs is 1. The quantitative estimate of drug-likeness (QED) is 0.639. The van der Waals surface area contributed by atoms with Crippen LogP contribution in [-0.4, -0.2) is 44.3 Å². The summed E-state index contributed by atoms with van der Waals surface area (Å²) in [6, 6.07) is 10.2. The van der Waals surface area contributed by atoms with Crippen LogP contribution in [0.25, 0.3) is 11.2 Å². The maximum atomic E-state index is 9.51. The van der Waals surface area contributed by atoms with Gasteiger partial charge in [-0.1, -0.05) is 25.1 Å². The molecular formula is C19H27ClN6O. The van der Waals surface area contributed by atoms with E-state index in [2.05, 4.69) is 29.1 Å². The lowest BCUT2D eigenvalue weighted by atomic mass is 10.2. The molecule has 2 heterocycles. The number of aliphatic hydroxyl groups is 1. The largest absolute Gasteiger partial charge is 0.394 e. The number of halogens is 1. The van der Waals surface area contributed by atoms with Crippen molar-refractivity contribution < 1.29 is 5.11 Å². The van der Waals surface area contributed by atoms with Crippen LogP contribution in [0.4, 0.5) is 17.5 Å².